The zero-order valence-electron chi connectivity index (χ0n) is 18.4. The maximum Gasteiger partial charge on any atom is 0.233 e. The fourth-order valence-corrected chi connectivity index (χ4v) is 4.95. The Morgan fingerprint density at radius 2 is 1.94 bits per heavy atom. The number of fused-ring (bicyclic) bond motifs is 1. The Kier molecular flexibility index (Phi) is 6.43. The highest BCUT2D eigenvalue weighted by Crippen LogP contribution is 2.40. The van der Waals surface area contributed by atoms with E-state index in [2.05, 4.69) is 26.0 Å². The molecule has 1 atom stereocenters. The van der Waals surface area contributed by atoms with Crippen molar-refractivity contribution in [1.82, 2.24) is 4.98 Å². The van der Waals surface area contributed by atoms with Gasteiger partial charge in [0.15, 0.2) is 5.13 Å². The highest BCUT2D eigenvalue weighted by Gasteiger charge is 2.27. The quantitative estimate of drug-likeness (QED) is 0.534. The number of hydrogen-bond acceptors (Lipinski definition) is 6. The molecule has 31 heavy (non-hydrogen) atoms. The summed E-state index contributed by atoms with van der Waals surface area (Å²) in [6.45, 7) is 5.38. The zero-order chi connectivity index (χ0) is 22.0. The van der Waals surface area contributed by atoms with Crippen LogP contribution in [0.3, 0.4) is 0 Å². The molecule has 1 amide bonds. The Morgan fingerprint density at radius 3 is 2.61 bits per heavy atom. The molecular formula is C24H28N2O4S. The molecule has 0 aliphatic carbocycles. The molecule has 1 fully saturated rings. The van der Waals surface area contributed by atoms with Crippen molar-refractivity contribution < 1.29 is 19.0 Å². The van der Waals surface area contributed by atoms with Gasteiger partial charge in [0, 0.05) is 6.61 Å². The summed E-state index contributed by atoms with van der Waals surface area (Å²) in [5, 5.41) is 0.641. The summed E-state index contributed by atoms with van der Waals surface area (Å²) < 4.78 is 17.7. The number of amides is 1. The smallest absolute Gasteiger partial charge is 0.233 e. The lowest BCUT2D eigenvalue weighted by Gasteiger charge is -2.23. The van der Waals surface area contributed by atoms with Crippen molar-refractivity contribution in [2.24, 2.45) is 0 Å². The lowest BCUT2D eigenvalue weighted by Crippen LogP contribution is -2.38. The first-order valence-electron chi connectivity index (χ1n) is 10.5. The van der Waals surface area contributed by atoms with E-state index in [9.17, 15) is 4.79 Å². The van der Waals surface area contributed by atoms with Gasteiger partial charge in [0.25, 0.3) is 0 Å². The van der Waals surface area contributed by atoms with Gasteiger partial charge in [0.05, 0.1) is 33.3 Å². The van der Waals surface area contributed by atoms with Gasteiger partial charge in [0.2, 0.25) is 5.91 Å². The number of benzene rings is 2. The average Bonchev–Trinajstić information content (AvgIpc) is 3.43. The molecule has 2 aromatic carbocycles. The third kappa shape index (κ3) is 4.52. The van der Waals surface area contributed by atoms with Crippen LogP contribution in [0.5, 0.6) is 11.5 Å². The number of nitrogens with zero attached hydrogens (tertiary/aromatic N) is 2. The van der Waals surface area contributed by atoms with E-state index in [1.54, 1.807) is 19.1 Å². The van der Waals surface area contributed by atoms with E-state index >= 15 is 0 Å². The van der Waals surface area contributed by atoms with Gasteiger partial charge in [-0.1, -0.05) is 29.5 Å². The van der Waals surface area contributed by atoms with E-state index in [-0.39, 0.29) is 12.0 Å². The molecule has 0 bridgehead atoms. The summed E-state index contributed by atoms with van der Waals surface area (Å²) in [5.74, 6) is 1.39. The van der Waals surface area contributed by atoms with E-state index in [0.29, 0.717) is 29.4 Å². The highest BCUT2D eigenvalue weighted by atomic mass is 32.1. The van der Waals surface area contributed by atoms with Gasteiger partial charge in [-0.2, -0.15) is 0 Å². The molecule has 1 saturated heterocycles. The molecule has 2 heterocycles. The molecule has 0 spiro atoms. The molecule has 0 saturated carbocycles. The van der Waals surface area contributed by atoms with Crippen molar-refractivity contribution in [3.05, 3.63) is 47.0 Å². The second-order valence-corrected chi connectivity index (χ2v) is 8.86. The van der Waals surface area contributed by atoms with Crippen LogP contribution < -0.4 is 14.4 Å². The van der Waals surface area contributed by atoms with Crippen LogP contribution in [0.15, 0.2) is 30.3 Å². The summed E-state index contributed by atoms with van der Waals surface area (Å²) in [6, 6.07) is 9.88. The van der Waals surface area contributed by atoms with Gasteiger partial charge in [-0.3, -0.25) is 9.69 Å². The van der Waals surface area contributed by atoms with E-state index < -0.39 is 0 Å². The van der Waals surface area contributed by atoms with Gasteiger partial charge in [0.1, 0.15) is 21.7 Å². The Morgan fingerprint density at radius 1 is 1.16 bits per heavy atom. The molecule has 0 radical (unpaired) electrons. The normalized spacial score (nSPS) is 15.9. The molecule has 6 nitrogen and oxygen atoms in total. The summed E-state index contributed by atoms with van der Waals surface area (Å²) >= 11 is 1.45. The van der Waals surface area contributed by atoms with Crippen molar-refractivity contribution >= 4 is 32.6 Å². The molecule has 0 N–H and O–H groups in total. The number of anilines is 1. The predicted molar refractivity (Wildman–Crippen MR) is 124 cm³/mol. The number of rotatable bonds is 7. The minimum Gasteiger partial charge on any atom is -0.495 e. The van der Waals surface area contributed by atoms with E-state index in [0.717, 1.165) is 35.5 Å². The second kappa shape index (κ2) is 9.24. The predicted octanol–water partition coefficient (Wildman–Crippen LogP) is 4.69. The molecular weight excluding hydrogens is 412 g/mol. The maximum absolute atomic E-state index is 13.5. The van der Waals surface area contributed by atoms with Gasteiger partial charge in [-0.15, -0.1) is 0 Å². The fourth-order valence-electron chi connectivity index (χ4n) is 3.85. The van der Waals surface area contributed by atoms with E-state index in [1.165, 1.54) is 22.5 Å². The third-order valence-electron chi connectivity index (χ3n) is 5.77. The first-order valence-corrected chi connectivity index (χ1v) is 11.3. The molecule has 4 rings (SSSR count). The van der Waals surface area contributed by atoms with Crippen LogP contribution in [0.25, 0.3) is 10.2 Å². The van der Waals surface area contributed by atoms with Crippen LogP contribution in [-0.4, -0.2) is 44.4 Å². The Labute approximate surface area is 186 Å². The van der Waals surface area contributed by atoms with Crippen LogP contribution in [0.1, 0.15) is 29.5 Å². The van der Waals surface area contributed by atoms with Crippen molar-refractivity contribution in [3.63, 3.8) is 0 Å². The number of carbonyl (C=O) groups excluding carboxylic acids is 1. The van der Waals surface area contributed by atoms with Crippen LogP contribution in [0, 0.1) is 13.8 Å². The van der Waals surface area contributed by atoms with Crippen LogP contribution in [-0.2, 0) is 16.0 Å². The Bertz CT molecular complexity index is 1050. The van der Waals surface area contributed by atoms with Crippen LogP contribution in [0.4, 0.5) is 5.13 Å². The van der Waals surface area contributed by atoms with E-state index in [1.807, 2.05) is 18.2 Å². The van der Waals surface area contributed by atoms with Gasteiger partial charge >= 0.3 is 0 Å². The average molecular weight is 441 g/mol. The van der Waals surface area contributed by atoms with Gasteiger partial charge in [-0.05, 0) is 55.5 Å². The molecule has 1 aliphatic heterocycles. The van der Waals surface area contributed by atoms with Crippen molar-refractivity contribution in [2.75, 3.05) is 32.3 Å². The first kappa shape index (κ1) is 21.6. The summed E-state index contributed by atoms with van der Waals surface area (Å²) in [6.07, 6.45) is 2.31. The topological polar surface area (TPSA) is 60.9 Å². The minimum atomic E-state index is 0.00995. The number of hydrogen-bond donors (Lipinski definition) is 0. The number of ether oxygens (including phenoxy) is 3. The molecule has 1 unspecified atom stereocenters. The standard InChI is InChI=1S/C24H28N2O4S/c1-15-7-8-17(12-16(15)2)13-21(27)26(14-18-6-5-11-30-18)24-25-22-19(28-3)9-10-20(29-4)23(22)31-24/h7-10,12,18H,5-6,11,13-14H2,1-4H3. The SMILES string of the molecule is COc1ccc(OC)c2sc(N(CC3CCCO3)C(=O)Cc3ccc(C)c(C)c3)nc12. The number of carbonyl (C=O) groups is 1. The molecule has 164 valence electrons. The minimum absolute atomic E-state index is 0.00995. The molecule has 3 aromatic rings. The number of aryl methyl sites for hydroxylation is 2. The molecule has 1 aliphatic rings. The largest absolute Gasteiger partial charge is 0.495 e. The molecule has 1 aromatic heterocycles. The lowest BCUT2D eigenvalue weighted by molar-refractivity contribution is -0.118. The number of aromatic nitrogens is 1. The summed E-state index contributed by atoms with van der Waals surface area (Å²) in [4.78, 5) is 20.0. The molecule has 7 heteroatoms. The van der Waals surface area contributed by atoms with Gasteiger partial charge < -0.3 is 14.2 Å². The Balaban J connectivity index is 1.70. The van der Waals surface area contributed by atoms with E-state index in [4.69, 9.17) is 19.2 Å². The fraction of sp³-hybridized carbons (Fsp3) is 0.417. The van der Waals surface area contributed by atoms with Crippen molar-refractivity contribution in [3.8, 4) is 11.5 Å². The van der Waals surface area contributed by atoms with Crippen LogP contribution >= 0.6 is 11.3 Å². The maximum atomic E-state index is 13.5. The summed E-state index contributed by atoms with van der Waals surface area (Å²) in [7, 11) is 3.25. The van der Waals surface area contributed by atoms with Crippen molar-refractivity contribution in [2.45, 2.75) is 39.2 Å². The Hall–Kier alpha value is -2.64. The van der Waals surface area contributed by atoms with Gasteiger partial charge in [-0.25, -0.2) is 4.98 Å². The zero-order valence-corrected chi connectivity index (χ0v) is 19.3. The van der Waals surface area contributed by atoms with Crippen molar-refractivity contribution in [1.29, 1.82) is 0 Å². The number of methoxy groups -OCH3 is 2. The lowest BCUT2D eigenvalue weighted by atomic mass is 10.0. The number of thiazole rings is 1. The highest BCUT2D eigenvalue weighted by molar-refractivity contribution is 7.22. The van der Waals surface area contributed by atoms with Crippen LogP contribution in [0.2, 0.25) is 0 Å². The second-order valence-electron chi connectivity index (χ2n) is 7.88. The first-order chi connectivity index (χ1) is 15.0. The summed E-state index contributed by atoms with van der Waals surface area (Å²) in [5.41, 5.74) is 4.11. The third-order valence-corrected chi connectivity index (χ3v) is 6.86. The monoisotopic (exact) mass is 440 g/mol.